The number of hydrogen-bond donors (Lipinski definition) is 1. The molecule has 0 atom stereocenters. The van der Waals surface area contributed by atoms with Crippen LogP contribution < -0.4 is 5.32 Å². The molecule has 1 aliphatic carbocycles. The zero-order chi connectivity index (χ0) is 20.1. The summed E-state index contributed by atoms with van der Waals surface area (Å²) < 4.78 is 24.7. The van der Waals surface area contributed by atoms with Crippen LogP contribution >= 0.6 is 0 Å². The van der Waals surface area contributed by atoms with Crippen molar-refractivity contribution in [3.63, 3.8) is 0 Å². The van der Waals surface area contributed by atoms with Crippen molar-refractivity contribution >= 4 is 21.7 Å². The Hall–Kier alpha value is -1.89. The largest absolute Gasteiger partial charge is 0.349 e. The van der Waals surface area contributed by atoms with Gasteiger partial charge in [0, 0.05) is 31.1 Å². The summed E-state index contributed by atoms with van der Waals surface area (Å²) in [5, 5.41) is 2.81. The third kappa shape index (κ3) is 5.13. The molecule has 1 saturated heterocycles. The van der Waals surface area contributed by atoms with E-state index >= 15 is 0 Å². The van der Waals surface area contributed by atoms with Gasteiger partial charge in [-0.2, -0.15) is 0 Å². The molecule has 7 heteroatoms. The number of likely N-dealkylation sites (tertiary alicyclic amines) is 1. The van der Waals surface area contributed by atoms with Gasteiger partial charge in [-0.15, -0.1) is 0 Å². The molecular formula is C21H30N2O4S. The van der Waals surface area contributed by atoms with Crippen LogP contribution in [-0.2, 0) is 14.6 Å². The van der Waals surface area contributed by atoms with E-state index in [4.69, 9.17) is 0 Å². The Morgan fingerprint density at radius 3 is 2.36 bits per heavy atom. The smallest absolute Gasteiger partial charge is 0.251 e. The molecule has 1 N–H and O–H groups in total. The highest BCUT2D eigenvalue weighted by molar-refractivity contribution is 7.92. The number of amides is 2. The molecule has 0 bridgehead atoms. The molecule has 0 aromatic heterocycles. The summed E-state index contributed by atoms with van der Waals surface area (Å²) in [5.41, 5.74) is 1.62. The molecule has 6 nitrogen and oxygen atoms in total. The standard InChI is InChI=1S/C21H30N2O4S/c1-16-6-2-5-9-19(16)21(25)22-17-10-13-23(14-11-17)20(24)12-15-28(26,27)18-7-3-4-8-18/h2,5-6,9,17-18H,3-4,7-8,10-15H2,1H3,(H,22,25). The highest BCUT2D eigenvalue weighted by Crippen LogP contribution is 2.25. The fourth-order valence-electron chi connectivity index (χ4n) is 4.17. The summed E-state index contributed by atoms with van der Waals surface area (Å²) in [5.74, 6) is -0.212. The van der Waals surface area contributed by atoms with Gasteiger partial charge in [-0.25, -0.2) is 8.42 Å². The summed E-state index contributed by atoms with van der Waals surface area (Å²) in [6, 6.07) is 7.52. The maximum atomic E-state index is 12.4. The maximum Gasteiger partial charge on any atom is 0.251 e. The predicted molar refractivity (Wildman–Crippen MR) is 109 cm³/mol. The summed E-state index contributed by atoms with van der Waals surface area (Å²) in [6.07, 6.45) is 4.88. The predicted octanol–water partition coefficient (Wildman–Crippen LogP) is 2.46. The Balaban J connectivity index is 1.44. The molecule has 0 spiro atoms. The van der Waals surface area contributed by atoms with Crippen LogP contribution in [0.2, 0.25) is 0 Å². The van der Waals surface area contributed by atoms with Crippen LogP contribution in [0.25, 0.3) is 0 Å². The molecule has 2 amide bonds. The van der Waals surface area contributed by atoms with E-state index in [1.165, 1.54) is 0 Å². The van der Waals surface area contributed by atoms with Crippen molar-refractivity contribution in [2.75, 3.05) is 18.8 Å². The molecule has 1 saturated carbocycles. The van der Waals surface area contributed by atoms with Crippen LogP contribution in [0.3, 0.4) is 0 Å². The highest BCUT2D eigenvalue weighted by Gasteiger charge is 2.30. The van der Waals surface area contributed by atoms with Gasteiger partial charge in [-0.3, -0.25) is 9.59 Å². The summed E-state index contributed by atoms with van der Waals surface area (Å²) in [7, 11) is -3.16. The van der Waals surface area contributed by atoms with Crippen molar-refractivity contribution in [3.05, 3.63) is 35.4 Å². The van der Waals surface area contributed by atoms with Crippen LogP contribution in [0, 0.1) is 6.92 Å². The Morgan fingerprint density at radius 2 is 1.71 bits per heavy atom. The Labute approximate surface area is 167 Å². The number of nitrogens with zero attached hydrogens (tertiary/aromatic N) is 1. The first-order valence-corrected chi connectivity index (χ1v) is 11.9. The zero-order valence-electron chi connectivity index (χ0n) is 16.5. The number of benzene rings is 1. The number of aryl methyl sites for hydroxylation is 1. The van der Waals surface area contributed by atoms with E-state index in [-0.39, 0.29) is 35.3 Å². The number of rotatable bonds is 6. The maximum absolute atomic E-state index is 12.4. The molecule has 2 fully saturated rings. The molecule has 3 rings (SSSR count). The highest BCUT2D eigenvalue weighted by atomic mass is 32.2. The first kappa shape index (κ1) is 20.8. The van der Waals surface area contributed by atoms with Crippen molar-refractivity contribution in [3.8, 4) is 0 Å². The van der Waals surface area contributed by atoms with E-state index in [9.17, 15) is 18.0 Å². The van der Waals surface area contributed by atoms with Gasteiger partial charge in [-0.05, 0) is 44.2 Å². The van der Waals surface area contributed by atoms with Crippen molar-refractivity contribution in [2.45, 2.75) is 63.2 Å². The molecule has 1 heterocycles. The number of piperidine rings is 1. The van der Waals surface area contributed by atoms with Gasteiger partial charge in [0.15, 0.2) is 9.84 Å². The quantitative estimate of drug-likeness (QED) is 0.787. The van der Waals surface area contributed by atoms with E-state index in [2.05, 4.69) is 5.32 Å². The van der Waals surface area contributed by atoms with E-state index < -0.39 is 9.84 Å². The van der Waals surface area contributed by atoms with Crippen molar-refractivity contribution in [1.82, 2.24) is 10.2 Å². The topological polar surface area (TPSA) is 83.6 Å². The van der Waals surface area contributed by atoms with Crippen molar-refractivity contribution in [1.29, 1.82) is 0 Å². The van der Waals surface area contributed by atoms with Crippen LogP contribution in [-0.4, -0.2) is 55.3 Å². The molecule has 0 unspecified atom stereocenters. The third-order valence-corrected chi connectivity index (χ3v) is 8.24. The second kappa shape index (κ2) is 9.07. The normalized spacial score (nSPS) is 19.0. The van der Waals surface area contributed by atoms with E-state index in [1.807, 2.05) is 31.2 Å². The summed E-state index contributed by atoms with van der Waals surface area (Å²) in [6.45, 7) is 3.03. The zero-order valence-corrected chi connectivity index (χ0v) is 17.3. The Bertz CT molecular complexity index is 807. The lowest BCUT2D eigenvalue weighted by Gasteiger charge is -2.32. The van der Waals surface area contributed by atoms with Crippen LogP contribution in [0.4, 0.5) is 0 Å². The summed E-state index contributed by atoms with van der Waals surface area (Å²) in [4.78, 5) is 26.6. The van der Waals surface area contributed by atoms with Crippen molar-refractivity contribution < 1.29 is 18.0 Å². The summed E-state index contributed by atoms with van der Waals surface area (Å²) >= 11 is 0. The molecule has 1 aromatic rings. The molecule has 2 aliphatic rings. The van der Waals surface area contributed by atoms with Gasteiger partial charge in [0.2, 0.25) is 5.91 Å². The second-order valence-electron chi connectivity index (χ2n) is 7.97. The fourth-order valence-corrected chi connectivity index (χ4v) is 6.01. The molecule has 0 radical (unpaired) electrons. The van der Waals surface area contributed by atoms with Crippen molar-refractivity contribution in [2.24, 2.45) is 0 Å². The van der Waals surface area contributed by atoms with Crippen LogP contribution in [0.15, 0.2) is 24.3 Å². The Morgan fingerprint density at radius 1 is 1.07 bits per heavy atom. The minimum Gasteiger partial charge on any atom is -0.349 e. The minimum absolute atomic E-state index is 0.0402. The number of carbonyl (C=O) groups excluding carboxylic acids is 2. The number of carbonyl (C=O) groups is 2. The Kier molecular flexibility index (Phi) is 6.75. The minimum atomic E-state index is -3.16. The molecule has 1 aromatic carbocycles. The molecule has 1 aliphatic heterocycles. The van der Waals surface area contributed by atoms with Gasteiger partial charge in [0.05, 0.1) is 11.0 Å². The monoisotopic (exact) mass is 406 g/mol. The average molecular weight is 407 g/mol. The SMILES string of the molecule is Cc1ccccc1C(=O)NC1CCN(C(=O)CCS(=O)(=O)C2CCCC2)CC1. The molecular weight excluding hydrogens is 376 g/mol. The molecule has 28 heavy (non-hydrogen) atoms. The lowest BCUT2D eigenvalue weighted by Crippen LogP contribution is -2.47. The van der Waals surface area contributed by atoms with Gasteiger partial charge in [0.25, 0.3) is 5.91 Å². The molecule has 154 valence electrons. The third-order valence-electron chi connectivity index (χ3n) is 5.98. The number of sulfone groups is 1. The first-order valence-electron chi connectivity index (χ1n) is 10.2. The number of hydrogen-bond acceptors (Lipinski definition) is 4. The van der Waals surface area contributed by atoms with Crippen LogP contribution in [0.5, 0.6) is 0 Å². The van der Waals surface area contributed by atoms with Gasteiger partial charge in [0.1, 0.15) is 0 Å². The second-order valence-corrected chi connectivity index (χ2v) is 10.4. The first-order chi connectivity index (χ1) is 13.4. The van der Waals surface area contributed by atoms with Crippen LogP contribution in [0.1, 0.15) is 60.9 Å². The van der Waals surface area contributed by atoms with E-state index in [0.29, 0.717) is 31.5 Å². The lowest BCUT2D eigenvalue weighted by molar-refractivity contribution is -0.131. The number of nitrogens with one attached hydrogen (secondary N) is 1. The fraction of sp³-hybridized carbons (Fsp3) is 0.619. The van der Waals surface area contributed by atoms with Gasteiger partial charge >= 0.3 is 0 Å². The van der Waals surface area contributed by atoms with Gasteiger partial charge in [-0.1, -0.05) is 31.0 Å². The average Bonchev–Trinajstić information content (AvgIpc) is 3.23. The van der Waals surface area contributed by atoms with E-state index in [0.717, 1.165) is 31.2 Å². The lowest BCUT2D eigenvalue weighted by atomic mass is 10.0. The van der Waals surface area contributed by atoms with Gasteiger partial charge < -0.3 is 10.2 Å². The van der Waals surface area contributed by atoms with E-state index in [1.54, 1.807) is 4.90 Å².